The summed E-state index contributed by atoms with van der Waals surface area (Å²) in [6.45, 7) is 2.70. The summed E-state index contributed by atoms with van der Waals surface area (Å²) in [4.78, 5) is 4.26. The molecule has 2 aromatic rings. The fourth-order valence-corrected chi connectivity index (χ4v) is 2.72. The van der Waals surface area contributed by atoms with Crippen LogP contribution in [0.3, 0.4) is 0 Å². The Labute approximate surface area is 154 Å². The Morgan fingerprint density at radius 2 is 1.73 bits per heavy atom. The molecule has 1 aliphatic rings. The number of guanidine groups is 1. The SMILES string of the molecule is CN=C(NCCc1ccc2c(c1)OCCO2)NCc1ccc(OC)cc1. The standard InChI is InChI=1S/C20H25N3O3/c1-21-20(23-14-16-3-6-17(24-2)7-4-16)22-10-9-15-5-8-18-19(13-15)26-12-11-25-18/h3-8,13H,9-12,14H2,1-2H3,(H2,21,22,23). The first-order chi connectivity index (χ1) is 12.8. The minimum absolute atomic E-state index is 0.608. The van der Waals surface area contributed by atoms with Gasteiger partial charge in [-0.3, -0.25) is 4.99 Å². The number of nitrogens with zero attached hydrogens (tertiary/aromatic N) is 1. The van der Waals surface area contributed by atoms with Crippen molar-refractivity contribution >= 4 is 5.96 Å². The quantitative estimate of drug-likeness (QED) is 0.615. The predicted molar refractivity (Wildman–Crippen MR) is 102 cm³/mol. The molecule has 1 aliphatic heterocycles. The molecular formula is C20H25N3O3. The van der Waals surface area contributed by atoms with E-state index in [1.165, 1.54) is 11.1 Å². The Balaban J connectivity index is 1.45. The minimum atomic E-state index is 0.608. The van der Waals surface area contributed by atoms with Crippen LogP contribution in [-0.2, 0) is 13.0 Å². The maximum Gasteiger partial charge on any atom is 0.191 e. The zero-order valence-corrected chi connectivity index (χ0v) is 15.2. The lowest BCUT2D eigenvalue weighted by molar-refractivity contribution is 0.171. The average Bonchev–Trinajstić information content (AvgIpc) is 2.70. The lowest BCUT2D eigenvalue weighted by Gasteiger charge is -2.19. The van der Waals surface area contributed by atoms with Crippen molar-refractivity contribution in [2.75, 3.05) is 33.9 Å². The molecule has 0 atom stereocenters. The van der Waals surface area contributed by atoms with Crippen LogP contribution in [0.5, 0.6) is 17.2 Å². The van der Waals surface area contributed by atoms with Crippen molar-refractivity contribution in [1.29, 1.82) is 0 Å². The maximum atomic E-state index is 5.63. The van der Waals surface area contributed by atoms with Crippen molar-refractivity contribution in [1.82, 2.24) is 10.6 Å². The molecule has 138 valence electrons. The van der Waals surface area contributed by atoms with Gasteiger partial charge in [0.05, 0.1) is 7.11 Å². The first-order valence-corrected chi connectivity index (χ1v) is 8.74. The van der Waals surface area contributed by atoms with Gasteiger partial charge in [0.2, 0.25) is 0 Å². The predicted octanol–water partition coefficient (Wildman–Crippen LogP) is 2.37. The monoisotopic (exact) mass is 355 g/mol. The van der Waals surface area contributed by atoms with E-state index in [0.29, 0.717) is 19.8 Å². The van der Waals surface area contributed by atoms with Crippen LogP contribution in [0.1, 0.15) is 11.1 Å². The second-order valence-corrected chi connectivity index (χ2v) is 5.93. The van der Waals surface area contributed by atoms with E-state index in [0.717, 1.165) is 36.2 Å². The maximum absolute atomic E-state index is 5.63. The van der Waals surface area contributed by atoms with Gasteiger partial charge in [-0.2, -0.15) is 0 Å². The highest BCUT2D eigenvalue weighted by Crippen LogP contribution is 2.30. The lowest BCUT2D eigenvalue weighted by atomic mass is 10.1. The van der Waals surface area contributed by atoms with Gasteiger partial charge in [0, 0.05) is 20.1 Å². The van der Waals surface area contributed by atoms with Crippen molar-refractivity contribution in [3.8, 4) is 17.2 Å². The molecule has 0 unspecified atom stereocenters. The number of nitrogens with one attached hydrogen (secondary N) is 2. The van der Waals surface area contributed by atoms with Crippen molar-refractivity contribution < 1.29 is 14.2 Å². The van der Waals surface area contributed by atoms with E-state index in [2.05, 4.69) is 21.7 Å². The molecule has 6 nitrogen and oxygen atoms in total. The molecule has 3 rings (SSSR count). The Kier molecular flexibility index (Phi) is 6.19. The molecule has 2 N–H and O–H groups in total. The highest BCUT2D eigenvalue weighted by molar-refractivity contribution is 5.79. The summed E-state index contributed by atoms with van der Waals surface area (Å²) < 4.78 is 16.3. The van der Waals surface area contributed by atoms with E-state index in [1.54, 1.807) is 14.2 Å². The van der Waals surface area contributed by atoms with Gasteiger partial charge in [-0.25, -0.2) is 0 Å². The van der Waals surface area contributed by atoms with Gasteiger partial charge >= 0.3 is 0 Å². The van der Waals surface area contributed by atoms with Gasteiger partial charge in [-0.05, 0) is 41.8 Å². The number of methoxy groups -OCH3 is 1. The Morgan fingerprint density at radius 3 is 2.46 bits per heavy atom. The summed E-state index contributed by atoms with van der Waals surface area (Å²) >= 11 is 0. The number of hydrogen-bond donors (Lipinski definition) is 2. The van der Waals surface area contributed by atoms with E-state index < -0.39 is 0 Å². The van der Waals surface area contributed by atoms with Gasteiger partial charge in [0.1, 0.15) is 19.0 Å². The first kappa shape index (κ1) is 17.9. The molecule has 0 saturated heterocycles. The zero-order chi connectivity index (χ0) is 18.2. The highest BCUT2D eigenvalue weighted by atomic mass is 16.6. The smallest absolute Gasteiger partial charge is 0.191 e. The van der Waals surface area contributed by atoms with E-state index in [-0.39, 0.29) is 0 Å². The van der Waals surface area contributed by atoms with Crippen LogP contribution in [0.2, 0.25) is 0 Å². The van der Waals surface area contributed by atoms with Crippen LogP contribution in [0.25, 0.3) is 0 Å². The average molecular weight is 355 g/mol. The molecule has 0 aromatic heterocycles. The normalized spacial score (nSPS) is 13.2. The molecule has 0 fully saturated rings. The molecule has 26 heavy (non-hydrogen) atoms. The van der Waals surface area contributed by atoms with Gasteiger partial charge < -0.3 is 24.8 Å². The Morgan fingerprint density at radius 1 is 1.00 bits per heavy atom. The molecule has 0 spiro atoms. The third-order valence-electron chi connectivity index (χ3n) is 4.16. The number of hydrogen-bond acceptors (Lipinski definition) is 4. The highest BCUT2D eigenvalue weighted by Gasteiger charge is 2.11. The topological polar surface area (TPSA) is 64.1 Å². The van der Waals surface area contributed by atoms with Crippen molar-refractivity contribution in [2.45, 2.75) is 13.0 Å². The third kappa shape index (κ3) is 4.81. The van der Waals surface area contributed by atoms with Gasteiger partial charge in [-0.15, -0.1) is 0 Å². The summed E-state index contributed by atoms with van der Waals surface area (Å²) in [7, 11) is 3.44. The third-order valence-corrected chi connectivity index (χ3v) is 4.16. The molecule has 0 saturated carbocycles. The number of aliphatic imine (C=N–C) groups is 1. The van der Waals surface area contributed by atoms with Crippen molar-refractivity contribution in [2.24, 2.45) is 4.99 Å². The summed E-state index contributed by atoms with van der Waals surface area (Å²) in [6.07, 6.45) is 0.875. The number of benzene rings is 2. The summed E-state index contributed by atoms with van der Waals surface area (Å²) in [5.41, 5.74) is 2.37. The Hall–Kier alpha value is -2.89. The zero-order valence-electron chi connectivity index (χ0n) is 15.2. The molecule has 1 heterocycles. The van der Waals surface area contributed by atoms with Crippen LogP contribution in [0, 0.1) is 0 Å². The summed E-state index contributed by atoms with van der Waals surface area (Å²) in [5, 5.41) is 6.65. The fraction of sp³-hybridized carbons (Fsp3) is 0.350. The van der Waals surface area contributed by atoms with Crippen molar-refractivity contribution in [3.63, 3.8) is 0 Å². The molecule has 6 heteroatoms. The van der Waals surface area contributed by atoms with Crippen LogP contribution in [0.4, 0.5) is 0 Å². The second-order valence-electron chi connectivity index (χ2n) is 5.93. The van der Waals surface area contributed by atoms with E-state index in [1.807, 2.05) is 36.4 Å². The second kappa shape index (κ2) is 8.99. The van der Waals surface area contributed by atoms with Crippen LogP contribution < -0.4 is 24.8 Å². The van der Waals surface area contributed by atoms with E-state index in [9.17, 15) is 0 Å². The molecule has 0 amide bonds. The number of rotatable bonds is 6. The lowest BCUT2D eigenvalue weighted by Crippen LogP contribution is -2.37. The van der Waals surface area contributed by atoms with E-state index >= 15 is 0 Å². The largest absolute Gasteiger partial charge is 0.497 e. The first-order valence-electron chi connectivity index (χ1n) is 8.74. The minimum Gasteiger partial charge on any atom is -0.497 e. The van der Waals surface area contributed by atoms with Gasteiger partial charge in [0.15, 0.2) is 17.5 Å². The summed E-state index contributed by atoms with van der Waals surface area (Å²) in [6, 6.07) is 14.1. The van der Waals surface area contributed by atoms with Gasteiger partial charge in [0.25, 0.3) is 0 Å². The number of fused-ring (bicyclic) bond motifs is 1. The Bertz CT molecular complexity index is 744. The van der Waals surface area contributed by atoms with Crippen LogP contribution >= 0.6 is 0 Å². The van der Waals surface area contributed by atoms with Gasteiger partial charge in [-0.1, -0.05) is 18.2 Å². The fourth-order valence-electron chi connectivity index (χ4n) is 2.72. The van der Waals surface area contributed by atoms with Crippen LogP contribution in [-0.4, -0.2) is 39.9 Å². The molecule has 0 radical (unpaired) electrons. The van der Waals surface area contributed by atoms with Crippen LogP contribution in [0.15, 0.2) is 47.5 Å². The summed E-state index contributed by atoms with van der Waals surface area (Å²) in [5.74, 6) is 3.29. The molecule has 2 aromatic carbocycles. The number of ether oxygens (including phenoxy) is 3. The molecular weight excluding hydrogens is 330 g/mol. The van der Waals surface area contributed by atoms with E-state index in [4.69, 9.17) is 14.2 Å². The van der Waals surface area contributed by atoms with Crippen molar-refractivity contribution in [3.05, 3.63) is 53.6 Å². The molecule has 0 aliphatic carbocycles. The molecule has 0 bridgehead atoms.